The molecule has 0 aromatic heterocycles. The largest absolute Gasteiger partial charge is 0.390 e. The summed E-state index contributed by atoms with van der Waals surface area (Å²) in [5.74, 6) is 1.01. The molecule has 4 fully saturated rings. The number of aliphatic hydroxyl groups is 2. The third-order valence-corrected chi connectivity index (χ3v) is 15.4. The summed E-state index contributed by atoms with van der Waals surface area (Å²) in [6, 6.07) is 8.67. The monoisotopic (exact) mass is 640 g/mol. The quantitative estimate of drug-likeness (QED) is 0.301. The summed E-state index contributed by atoms with van der Waals surface area (Å²) in [4.78, 5) is 0.296. The summed E-state index contributed by atoms with van der Waals surface area (Å²) in [6.07, 6.45) is 14.0. The molecule has 1 aromatic rings. The SMILES string of the molecule is C[C@H](C(CC(O)C(C)(C)O)S(=O)(=O)c1ccccc1)[C@H]1CC[C@H]2C3=CC=C4C[C@@H](OC5CCCOC5)CC[C@]4(C)[C@H]3CC[C@]12C. The maximum Gasteiger partial charge on any atom is 0.181 e. The summed E-state index contributed by atoms with van der Waals surface area (Å²) < 4.78 is 40.6. The molecule has 2 N–H and O–H groups in total. The highest BCUT2D eigenvalue weighted by molar-refractivity contribution is 7.92. The van der Waals surface area contributed by atoms with E-state index in [0.29, 0.717) is 16.7 Å². The second kappa shape index (κ2) is 12.5. The molecular weight excluding hydrogens is 584 g/mol. The van der Waals surface area contributed by atoms with E-state index >= 15 is 0 Å². The van der Waals surface area contributed by atoms with E-state index in [4.69, 9.17) is 9.47 Å². The van der Waals surface area contributed by atoms with Crippen molar-refractivity contribution in [2.24, 2.45) is 34.5 Å². The van der Waals surface area contributed by atoms with Crippen LogP contribution in [0.25, 0.3) is 0 Å². The second-order valence-corrected chi connectivity index (χ2v) is 18.3. The van der Waals surface area contributed by atoms with Crippen molar-refractivity contribution in [3.8, 4) is 0 Å². The van der Waals surface area contributed by atoms with Crippen molar-refractivity contribution in [3.63, 3.8) is 0 Å². The molecule has 4 aliphatic carbocycles. The third-order valence-electron chi connectivity index (χ3n) is 13.1. The summed E-state index contributed by atoms with van der Waals surface area (Å²) in [7, 11) is -3.74. The molecule has 3 saturated carbocycles. The van der Waals surface area contributed by atoms with E-state index in [1.54, 1.807) is 49.3 Å². The Bertz CT molecular complexity index is 1370. The molecule has 1 aromatic carbocycles. The number of allylic oxidation sites excluding steroid dienone is 3. The van der Waals surface area contributed by atoms with E-state index in [2.05, 4.69) is 32.9 Å². The highest BCUT2D eigenvalue weighted by atomic mass is 32.2. The van der Waals surface area contributed by atoms with Crippen LogP contribution in [0.1, 0.15) is 98.8 Å². The molecule has 0 amide bonds. The van der Waals surface area contributed by atoms with Crippen LogP contribution in [-0.4, -0.2) is 61.0 Å². The molecule has 1 aliphatic heterocycles. The Kier molecular flexibility index (Phi) is 9.28. The predicted octanol–water partition coefficient (Wildman–Crippen LogP) is 7.05. The standard InChI is InChI=1S/C38H56O6S/c1-25(34(23-35(39)36(2,3)40)45(41,42)29-11-7-6-8-12-29)31-15-16-32-30-14-13-26-22-27(44-28-10-9-21-43-24-28)17-19-37(26,4)33(30)18-20-38(31,32)5/h6-8,11-14,25,27-28,31-35,39-40H,9-10,15-24H2,1-5H3/t25-,27-,28?,31+,32-,33-,34?,35?,37-,38+/m0/s1. The van der Waals surface area contributed by atoms with Crippen molar-refractivity contribution in [1.29, 1.82) is 0 Å². The van der Waals surface area contributed by atoms with Crippen LogP contribution in [0.5, 0.6) is 0 Å². The molecule has 0 bridgehead atoms. The Morgan fingerprint density at radius 1 is 1.00 bits per heavy atom. The van der Waals surface area contributed by atoms with Gasteiger partial charge in [0.15, 0.2) is 9.84 Å². The van der Waals surface area contributed by atoms with Gasteiger partial charge in [0.2, 0.25) is 0 Å². The van der Waals surface area contributed by atoms with Gasteiger partial charge in [-0.1, -0.05) is 62.3 Å². The number of ether oxygens (including phenoxy) is 2. The molecule has 1 heterocycles. The molecule has 6 rings (SSSR count). The van der Waals surface area contributed by atoms with E-state index in [-0.39, 0.29) is 41.3 Å². The van der Waals surface area contributed by atoms with Gasteiger partial charge in [0.05, 0.1) is 40.7 Å². The fraction of sp³-hybridized carbons (Fsp3) is 0.737. The molecule has 6 nitrogen and oxygen atoms in total. The Hall–Kier alpha value is -1.51. The molecule has 10 atom stereocenters. The molecule has 250 valence electrons. The normalized spacial score (nSPS) is 37.4. The van der Waals surface area contributed by atoms with E-state index in [9.17, 15) is 18.6 Å². The zero-order chi connectivity index (χ0) is 32.2. The summed E-state index contributed by atoms with van der Waals surface area (Å²) >= 11 is 0. The number of hydrogen-bond acceptors (Lipinski definition) is 6. The van der Waals surface area contributed by atoms with Gasteiger partial charge in [-0.3, -0.25) is 0 Å². The number of rotatable bonds is 9. The first-order valence-electron chi connectivity index (χ1n) is 17.6. The van der Waals surface area contributed by atoms with Crippen LogP contribution in [0.3, 0.4) is 0 Å². The molecule has 45 heavy (non-hydrogen) atoms. The lowest BCUT2D eigenvalue weighted by Crippen LogP contribution is -2.49. The van der Waals surface area contributed by atoms with Crippen LogP contribution in [0.4, 0.5) is 0 Å². The number of benzene rings is 1. The second-order valence-electron chi connectivity index (χ2n) is 16.1. The molecule has 1 saturated heterocycles. The first-order valence-corrected chi connectivity index (χ1v) is 19.1. The van der Waals surface area contributed by atoms with Gasteiger partial charge in [0, 0.05) is 6.61 Å². The molecule has 7 heteroatoms. The van der Waals surface area contributed by atoms with E-state index in [1.807, 2.05) is 6.07 Å². The van der Waals surface area contributed by atoms with Gasteiger partial charge < -0.3 is 19.7 Å². The predicted molar refractivity (Wildman–Crippen MR) is 177 cm³/mol. The van der Waals surface area contributed by atoms with Crippen LogP contribution in [0, 0.1) is 34.5 Å². The minimum absolute atomic E-state index is 0.00507. The van der Waals surface area contributed by atoms with Crippen LogP contribution in [-0.2, 0) is 19.3 Å². The molecule has 0 spiro atoms. The highest BCUT2D eigenvalue weighted by Crippen LogP contribution is 2.66. The van der Waals surface area contributed by atoms with Gasteiger partial charge in [0.1, 0.15) is 0 Å². The Morgan fingerprint density at radius 3 is 2.44 bits per heavy atom. The van der Waals surface area contributed by atoms with Gasteiger partial charge >= 0.3 is 0 Å². The Balaban J connectivity index is 1.25. The summed E-state index contributed by atoms with van der Waals surface area (Å²) in [5.41, 5.74) is 1.91. The lowest BCUT2D eigenvalue weighted by molar-refractivity contribution is -0.0961. The highest BCUT2D eigenvalue weighted by Gasteiger charge is 2.58. The topological polar surface area (TPSA) is 93.1 Å². The fourth-order valence-electron chi connectivity index (χ4n) is 10.3. The average molecular weight is 641 g/mol. The minimum Gasteiger partial charge on any atom is -0.390 e. The third kappa shape index (κ3) is 6.14. The van der Waals surface area contributed by atoms with Crippen molar-refractivity contribution < 1.29 is 28.1 Å². The molecular formula is C38H56O6S. The average Bonchev–Trinajstić information content (AvgIpc) is 3.37. The molecule has 3 unspecified atom stereocenters. The zero-order valence-electron chi connectivity index (χ0n) is 28.1. The van der Waals surface area contributed by atoms with Crippen molar-refractivity contribution in [2.75, 3.05) is 13.2 Å². The van der Waals surface area contributed by atoms with Gasteiger partial charge in [-0.25, -0.2) is 8.42 Å². The van der Waals surface area contributed by atoms with Crippen molar-refractivity contribution >= 4 is 9.84 Å². The first kappa shape index (κ1) is 33.4. The zero-order valence-corrected chi connectivity index (χ0v) is 28.9. The number of aliphatic hydroxyl groups excluding tert-OH is 1. The number of fused-ring (bicyclic) bond motifs is 5. The minimum atomic E-state index is -3.74. The summed E-state index contributed by atoms with van der Waals surface area (Å²) in [5, 5.41) is 20.9. The van der Waals surface area contributed by atoms with Crippen LogP contribution in [0.2, 0.25) is 0 Å². The smallest absolute Gasteiger partial charge is 0.181 e. The Labute approximate surface area is 271 Å². The lowest BCUT2D eigenvalue weighted by atomic mass is 9.50. The van der Waals surface area contributed by atoms with Crippen LogP contribution < -0.4 is 0 Å². The van der Waals surface area contributed by atoms with Gasteiger partial charge in [0.25, 0.3) is 0 Å². The van der Waals surface area contributed by atoms with E-state index in [1.165, 1.54) is 0 Å². The molecule has 0 radical (unpaired) electrons. The van der Waals surface area contributed by atoms with E-state index < -0.39 is 26.8 Å². The van der Waals surface area contributed by atoms with Crippen LogP contribution in [0.15, 0.2) is 58.5 Å². The van der Waals surface area contributed by atoms with Crippen molar-refractivity contribution in [2.45, 2.75) is 133 Å². The van der Waals surface area contributed by atoms with Crippen LogP contribution >= 0.6 is 0 Å². The molecule has 5 aliphatic rings. The van der Waals surface area contributed by atoms with E-state index in [0.717, 1.165) is 71.0 Å². The number of sulfone groups is 1. The lowest BCUT2D eigenvalue weighted by Gasteiger charge is -2.55. The Morgan fingerprint density at radius 2 is 1.76 bits per heavy atom. The summed E-state index contributed by atoms with van der Waals surface area (Å²) in [6.45, 7) is 11.7. The van der Waals surface area contributed by atoms with Gasteiger partial charge in [-0.2, -0.15) is 0 Å². The maximum absolute atomic E-state index is 14.2. The van der Waals surface area contributed by atoms with Gasteiger partial charge in [-0.05, 0) is 125 Å². The van der Waals surface area contributed by atoms with Crippen molar-refractivity contribution in [3.05, 3.63) is 53.6 Å². The maximum atomic E-state index is 14.2. The fourth-order valence-corrected chi connectivity index (χ4v) is 12.3. The number of hydrogen-bond donors (Lipinski definition) is 2. The first-order chi connectivity index (χ1) is 21.2. The van der Waals surface area contributed by atoms with Crippen molar-refractivity contribution in [1.82, 2.24) is 0 Å². The van der Waals surface area contributed by atoms with Gasteiger partial charge in [-0.15, -0.1) is 0 Å².